The van der Waals surface area contributed by atoms with Crippen LogP contribution < -0.4 is 0 Å². The summed E-state index contributed by atoms with van der Waals surface area (Å²) in [5.41, 5.74) is 0. The Balaban J connectivity index is 3.37. The monoisotopic (exact) mass is 177 g/mol. The molecule has 1 aromatic rings. The molecule has 10 heavy (non-hydrogen) atoms. The first-order valence-corrected chi connectivity index (χ1v) is 3.54. The molecule has 0 fully saturated rings. The van der Waals surface area contributed by atoms with E-state index in [2.05, 4.69) is 12.2 Å². The second-order valence-corrected chi connectivity index (χ2v) is 2.98. The minimum absolute atomic E-state index is 0.130. The van der Waals surface area contributed by atoms with Crippen LogP contribution in [0, 0.1) is 3.95 Å². The van der Waals surface area contributed by atoms with E-state index in [1.807, 2.05) is 0 Å². The van der Waals surface area contributed by atoms with Crippen LogP contribution in [0.15, 0.2) is 5.38 Å². The van der Waals surface area contributed by atoms with Crippen LogP contribution in [-0.4, -0.2) is 20.9 Å². The van der Waals surface area contributed by atoms with Gasteiger partial charge in [-0.05, 0) is 12.2 Å². The van der Waals surface area contributed by atoms with Crippen LogP contribution in [0.2, 0.25) is 0 Å². The van der Waals surface area contributed by atoms with E-state index >= 15 is 0 Å². The third-order valence-corrected chi connectivity index (χ3v) is 2.05. The van der Waals surface area contributed by atoms with Crippen LogP contribution in [-0.2, 0) is 0 Å². The molecule has 0 aliphatic carbocycles. The lowest BCUT2D eigenvalue weighted by Gasteiger charge is -1.92. The molecule has 4 nitrogen and oxygen atoms in total. The topological polar surface area (TPSA) is 62.5 Å². The zero-order valence-corrected chi connectivity index (χ0v) is 6.28. The Labute approximate surface area is 65.0 Å². The van der Waals surface area contributed by atoms with Gasteiger partial charge < -0.3 is 10.2 Å². The number of thiazole rings is 1. The highest BCUT2D eigenvalue weighted by Crippen LogP contribution is 2.15. The van der Waals surface area contributed by atoms with Crippen molar-refractivity contribution in [3.05, 3.63) is 9.33 Å². The highest BCUT2D eigenvalue weighted by molar-refractivity contribution is 7.73. The molecule has 0 atom stereocenters. The lowest BCUT2D eigenvalue weighted by molar-refractivity contribution is 0.193. The van der Waals surface area contributed by atoms with Gasteiger partial charge in [-0.25, -0.2) is 4.79 Å². The van der Waals surface area contributed by atoms with Gasteiger partial charge in [0.1, 0.15) is 0 Å². The van der Waals surface area contributed by atoms with Crippen molar-refractivity contribution in [1.29, 1.82) is 0 Å². The van der Waals surface area contributed by atoms with Crippen molar-refractivity contribution in [2.45, 2.75) is 0 Å². The molecule has 0 radical (unpaired) electrons. The van der Waals surface area contributed by atoms with Gasteiger partial charge in [-0.1, -0.05) is 0 Å². The van der Waals surface area contributed by atoms with Crippen molar-refractivity contribution in [2.24, 2.45) is 0 Å². The van der Waals surface area contributed by atoms with E-state index in [1.165, 1.54) is 5.38 Å². The molecule has 0 spiro atoms. The maximum atomic E-state index is 10.2. The van der Waals surface area contributed by atoms with Crippen LogP contribution in [0.25, 0.3) is 0 Å². The molecule has 0 saturated carbocycles. The summed E-state index contributed by atoms with van der Waals surface area (Å²) in [4.78, 5) is 10.2. The number of carbonyl (C=O) groups is 1. The minimum atomic E-state index is -1.26. The van der Waals surface area contributed by atoms with Crippen molar-refractivity contribution in [1.82, 2.24) is 4.57 Å². The molecular weight excluding hydrogens is 174 g/mol. The molecule has 0 aliphatic heterocycles. The molecule has 0 bridgehead atoms. The Hall–Kier alpha value is -0.880. The summed E-state index contributed by atoms with van der Waals surface area (Å²) in [6.07, 6.45) is -1.26. The van der Waals surface area contributed by atoms with Gasteiger partial charge in [0.25, 0.3) is 0 Å². The van der Waals surface area contributed by atoms with Gasteiger partial charge in [-0.15, -0.1) is 11.3 Å². The lowest BCUT2D eigenvalue weighted by Crippen LogP contribution is -2.05. The summed E-state index contributed by atoms with van der Waals surface area (Å²) in [6, 6.07) is 0. The molecule has 1 aromatic heterocycles. The average molecular weight is 177 g/mol. The van der Waals surface area contributed by atoms with Crippen LogP contribution in [0.4, 0.5) is 4.79 Å². The summed E-state index contributed by atoms with van der Waals surface area (Å²) >= 11 is 5.60. The van der Waals surface area contributed by atoms with Gasteiger partial charge in [-0.3, -0.25) is 0 Å². The predicted octanol–water partition coefficient (Wildman–Crippen LogP) is 1.51. The largest absolute Gasteiger partial charge is 0.493 e. The molecule has 1 rings (SSSR count). The number of nitrogens with zero attached hydrogens (tertiary/aromatic N) is 1. The highest BCUT2D eigenvalue weighted by Gasteiger charge is 2.07. The number of rotatable bonds is 0. The number of aromatic hydroxyl groups is 1. The van der Waals surface area contributed by atoms with Gasteiger partial charge in [-0.2, -0.15) is 4.57 Å². The van der Waals surface area contributed by atoms with Crippen LogP contribution in [0.3, 0.4) is 0 Å². The zero-order valence-electron chi connectivity index (χ0n) is 4.64. The zero-order chi connectivity index (χ0) is 7.72. The van der Waals surface area contributed by atoms with Gasteiger partial charge in [0.15, 0.2) is 3.95 Å². The first-order valence-electron chi connectivity index (χ1n) is 2.25. The molecule has 2 N–H and O–H groups in total. The quantitative estimate of drug-likeness (QED) is 0.589. The van der Waals surface area contributed by atoms with Crippen LogP contribution >= 0.6 is 23.6 Å². The Morgan fingerprint density at radius 2 is 2.40 bits per heavy atom. The predicted molar refractivity (Wildman–Crippen MR) is 38.2 cm³/mol. The molecule has 0 aliphatic rings. The molecule has 54 valence electrons. The lowest BCUT2D eigenvalue weighted by atomic mass is 10.8. The van der Waals surface area contributed by atoms with E-state index in [1.54, 1.807) is 0 Å². The van der Waals surface area contributed by atoms with Crippen molar-refractivity contribution >= 4 is 29.6 Å². The van der Waals surface area contributed by atoms with E-state index in [0.29, 0.717) is 4.57 Å². The normalized spacial score (nSPS) is 9.60. The van der Waals surface area contributed by atoms with Crippen LogP contribution in [0.5, 0.6) is 5.88 Å². The van der Waals surface area contributed by atoms with Crippen molar-refractivity contribution < 1.29 is 15.0 Å². The first kappa shape index (κ1) is 7.23. The summed E-state index contributed by atoms with van der Waals surface area (Å²) < 4.78 is 0.769. The molecule has 0 unspecified atom stereocenters. The minimum Gasteiger partial charge on any atom is -0.493 e. The first-order chi connectivity index (χ1) is 4.63. The summed E-state index contributed by atoms with van der Waals surface area (Å²) in [6.45, 7) is 0. The van der Waals surface area contributed by atoms with Gasteiger partial charge in [0.05, 0.1) is 5.38 Å². The van der Waals surface area contributed by atoms with Gasteiger partial charge >= 0.3 is 6.09 Å². The Morgan fingerprint density at radius 1 is 1.80 bits per heavy atom. The second-order valence-electron chi connectivity index (χ2n) is 1.48. The fourth-order valence-electron chi connectivity index (χ4n) is 0.478. The Kier molecular flexibility index (Phi) is 1.73. The molecule has 0 amide bonds. The molecule has 6 heteroatoms. The number of hydrogen-bond donors (Lipinski definition) is 2. The third-order valence-electron chi connectivity index (χ3n) is 0.868. The molecule has 0 saturated heterocycles. The molecule has 1 heterocycles. The van der Waals surface area contributed by atoms with Crippen LogP contribution in [0.1, 0.15) is 0 Å². The maximum Gasteiger partial charge on any atom is 0.420 e. The fraction of sp³-hybridized carbons (Fsp3) is 0. The molecule has 0 aromatic carbocycles. The number of aromatic nitrogens is 1. The smallest absolute Gasteiger partial charge is 0.420 e. The van der Waals surface area contributed by atoms with Gasteiger partial charge in [0, 0.05) is 0 Å². The van der Waals surface area contributed by atoms with E-state index in [-0.39, 0.29) is 9.83 Å². The summed E-state index contributed by atoms with van der Waals surface area (Å²) in [5.74, 6) is -0.331. The third kappa shape index (κ3) is 1.03. The number of carboxylic acid groups (broad SMARTS) is 1. The van der Waals surface area contributed by atoms with E-state index < -0.39 is 6.09 Å². The summed E-state index contributed by atoms with van der Waals surface area (Å²) in [7, 11) is 0. The average Bonchev–Trinajstić information content (AvgIpc) is 2.11. The maximum absolute atomic E-state index is 10.2. The Morgan fingerprint density at radius 3 is 2.60 bits per heavy atom. The SMILES string of the molecule is O=C(O)n1c(O)csc1=S. The Bertz CT molecular complexity index is 313. The molecular formula is C4H3NO3S2. The van der Waals surface area contributed by atoms with E-state index in [4.69, 9.17) is 10.2 Å². The fourth-order valence-corrected chi connectivity index (χ4v) is 1.38. The standard InChI is InChI=1S/C4H3NO3S2/c6-2-1-10-4(9)5(2)3(7)8/h1,6H,(H,7,8). The van der Waals surface area contributed by atoms with E-state index in [0.717, 1.165) is 11.3 Å². The van der Waals surface area contributed by atoms with Crippen molar-refractivity contribution in [2.75, 3.05) is 0 Å². The van der Waals surface area contributed by atoms with Crippen molar-refractivity contribution in [3.8, 4) is 5.88 Å². The second kappa shape index (κ2) is 2.39. The van der Waals surface area contributed by atoms with Crippen molar-refractivity contribution in [3.63, 3.8) is 0 Å². The van der Waals surface area contributed by atoms with Gasteiger partial charge in [0.2, 0.25) is 5.88 Å². The van der Waals surface area contributed by atoms with E-state index in [9.17, 15) is 4.79 Å². The highest BCUT2D eigenvalue weighted by atomic mass is 32.1. The number of hydrogen-bond acceptors (Lipinski definition) is 4. The summed E-state index contributed by atoms with van der Waals surface area (Å²) in [5, 5.41) is 18.5.